The summed E-state index contributed by atoms with van der Waals surface area (Å²) in [7, 11) is 0. The molecule has 0 saturated heterocycles. The van der Waals surface area contributed by atoms with Gasteiger partial charge in [0.05, 0.1) is 12.2 Å². The predicted molar refractivity (Wildman–Crippen MR) is 50.9 cm³/mol. The van der Waals surface area contributed by atoms with Crippen molar-refractivity contribution in [2.24, 2.45) is 11.8 Å². The molecule has 0 aliphatic heterocycles. The zero-order valence-corrected chi connectivity index (χ0v) is 8.62. The van der Waals surface area contributed by atoms with E-state index in [1.54, 1.807) is 0 Å². The van der Waals surface area contributed by atoms with Gasteiger partial charge in [0.15, 0.2) is 0 Å². The molecule has 0 fully saturated rings. The summed E-state index contributed by atoms with van der Waals surface area (Å²) in [6, 6.07) is 0. The van der Waals surface area contributed by atoms with Gasteiger partial charge in [-0.05, 0) is 24.7 Å². The average molecular weight is 174 g/mol. The number of hydrogen-bond donors (Lipinski definition) is 2. The van der Waals surface area contributed by atoms with Crippen LogP contribution in [0.25, 0.3) is 0 Å². The third kappa shape index (κ3) is 5.56. The highest BCUT2D eigenvalue weighted by Crippen LogP contribution is 2.13. The van der Waals surface area contributed by atoms with Crippen LogP contribution in [0.2, 0.25) is 0 Å². The normalized spacial score (nSPS) is 17.0. The topological polar surface area (TPSA) is 40.5 Å². The average Bonchev–Trinajstić information content (AvgIpc) is 1.84. The Labute approximate surface area is 75.6 Å². The Balaban J connectivity index is 3.61. The van der Waals surface area contributed by atoms with Crippen molar-refractivity contribution in [1.82, 2.24) is 0 Å². The summed E-state index contributed by atoms with van der Waals surface area (Å²) in [5.74, 6) is 0.742. The van der Waals surface area contributed by atoms with Crippen LogP contribution in [-0.2, 0) is 0 Å². The minimum atomic E-state index is -0.362. The lowest BCUT2D eigenvalue weighted by Crippen LogP contribution is -2.23. The summed E-state index contributed by atoms with van der Waals surface area (Å²) in [6.07, 6.45) is 0.584. The second-order valence-electron chi connectivity index (χ2n) is 4.33. The molecule has 0 aromatic heterocycles. The van der Waals surface area contributed by atoms with Crippen molar-refractivity contribution in [3.63, 3.8) is 0 Å². The van der Waals surface area contributed by atoms with E-state index in [4.69, 9.17) is 0 Å². The Bertz CT molecular complexity index is 110. The number of hydrogen-bond acceptors (Lipinski definition) is 2. The Morgan fingerprint density at radius 3 is 1.75 bits per heavy atom. The third-order valence-electron chi connectivity index (χ3n) is 2.03. The summed E-state index contributed by atoms with van der Waals surface area (Å²) in [6.45, 7) is 8.08. The zero-order valence-electron chi connectivity index (χ0n) is 8.62. The van der Waals surface area contributed by atoms with E-state index in [-0.39, 0.29) is 18.1 Å². The van der Waals surface area contributed by atoms with Gasteiger partial charge in [0.2, 0.25) is 0 Å². The van der Waals surface area contributed by atoms with Crippen molar-refractivity contribution >= 4 is 0 Å². The van der Waals surface area contributed by atoms with Crippen LogP contribution in [0.15, 0.2) is 0 Å². The van der Waals surface area contributed by atoms with Crippen molar-refractivity contribution in [2.45, 2.75) is 52.7 Å². The molecule has 12 heavy (non-hydrogen) atoms. The maximum atomic E-state index is 9.48. The van der Waals surface area contributed by atoms with Crippen LogP contribution in [0.3, 0.4) is 0 Å². The highest BCUT2D eigenvalue weighted by atomic mass is 16.3. The molecular weight excluding hydrogens is 152 g/mol. The summed E-state index contributed by atoms with van der Waals surface area (Å²) >= 11 is 0. The van der Waals surface area contributed by atoms with E-state index in [0.29, 0.717) is 12.3 Å². The fraction of sp³-hybridized carbons (Fsp3) is 1.00. The maximum Gasteiger partial charge on any atom is 0.0587 e. The molecule has 0 aliphatic rings. The van der Waals surface area contributed by atoms with Crippen LogP contribution >= 0.6 is 0 Å². The van der Waals surface area contributed by atoms with E-state index >= 15 is 0 Å². The molecule has 0 heterocycles. The Morgan fingerprint density at radius 2 is 1.42 bits per heavy atom. The van der Waals surface area contributed by atoms with E-state index in [1.807, 2.05) is 13.8 Å². The molecule has 0 amide bonds. The van der Waals surface area contributed by atoms with Gasteiger partial charge in [0.1, 0.15) is 0 Å². The smallest absolute Gasteiger partial charge is 0.0587 e. The van der Waals surface area contributed by atoms with E-state index in [0.717, 1.165) is 6.42 Å². The van der Waals surface area contributed by atoms with Crippen LogP contribution in [0, 0.1) is 11.8 Å². The Kier molecular flexibility index (Phi) is 5.51. The molecule has 2 heteroatoms. The minimum absolute atomic E-state index is 0.242. The van der Waals surface area contributed by atoms with Crippen molar-refractivity contribution in [3.05, 3.63) is 0 Å². The van der Waals surface area contributed by atoms with Gasteiger partial charge in [-0.2, -0.15) is 0 Å². The molecule has 2 nitrogen and oxygen atoms in total. The first-order chi connectivity index (χ1) is 5.43. The first-order valence-corrected chi connectivity index (χ1v) is 4.79. The first-order valence-electron chi connectivity index (χ1n) is 4.79. The molecule has 0 aromatic rings. The maximum absolute atomic E-state index is 9.48. The minimum Gasteiger partial charge on any atom is -0.393 e. The molecular formula is C10H22O2. The highest BCUT2D eigenvalue weighted by Gasteiger charge is 2.15. The quantitative estimate of drug-likeness (QED) is 0.667. The van der Waals surface area contributed by atoms with Crippen LogP contribution in [0.1, 0.15) is 40.5 Å². The predicted octanol–water partition coefficient (Wildman–Crippen LogP) is 1.80. The molecule has 0 aromatic carbocycles. The van der Waals surface area contributed by atoms with Crippen LogP contribution in [0.5, 0.6) is 0 Å². The number of aliphatic hydroxyl groups excluding tert-OH is 2. The van der Waals surface area contributed by atoms with E-state index in [1.165, 1.54) is 0 Å². The van der Waals surface area contributed by atoms with Crippen LogP contribution < -0.4 is 0 Å². The molecule has 0 bridgehead atoms. The molecule has 2 N–H and O–H groups in total. The second kappa shape index (κ2) is 5.55. The van der Waals surface area contributed by atoms with Gasteiger partial charge in [-0.25, -0.2) is 0 Å². The van der Waals surface area contributed by atoms with E-state index in [2.05, 4.69) is 13.8 Å². The molecule has 74 valence electrons. The van der Waals surface area contributed by atoms with Gasteiger partial charge in [-0.3, -0.25) is 0 Å². The summed E-state index contributed by atoms with van der Waals surface area (Å²) in [4.78, 5) is 0. The summed E-state index contributed by atoms with van der Waals surface area (Å²) < 4.78 is 0. The van der Waals surface area contributed by atoms with Crippen molar-refractivity contribution in [1.29, 1.82) is 0 Å². The van der Waals surface area contributed by atoms with E-state index in [9.17, 15) is 10.2 Å². The van der Waals surface area contributed by atoms with Gasteiger partial charge in [0.25, 0.3) is 0 Å². The van der Waals surface area contributed by atoms with Gasteiger partial charge in [-0.1, -0.05) is 27.7 Å². The van der Waals surface area contributed by atoms with Gasteiger partial charge >= 0.3 is 0 Å². The van der Waals surface area contributed by atoms with Gasteiger partial charge in [0, 0.05) is 0 Å². The second-order valence-corrected chi connectivity index (χ2v) is 4.33. The Hall–Kier alpha value is -0.0800. The number of aliphatic hydroxyl groups is 2. The first kappa shape index (κ1) is 11.9. The molecule has 0 spiro atoms. The molecule has 0 aliphatic carbocycles. The van der Waals surface area contributed by atoms with E-state index < -0.39 is 0 Å². The summed E-state index contributed by atoms with van der Waals surface area (Å²) in [5, 5.41) is 18.9. The Morgan fingerprint density at radius 1 is 0.917 bits per heavy atom. The molecule has 0 unspecified atom stereocenters. The fourth-order valence-corrected chi connectivity index (χ4v) is 1.19. The van der Waals surface area contributed by atoms with Crippen LogP contribution in [0.4, 0.5) is 0 Å². The van der Waals surface area contributed by atoms with Crippen molar-refractivity contribution < 1.29 is 10.2 Å². The summed E-state index contributed by atoms with van der Waals surface area (Å²) in [5.41, 5.74) is 0. The zero-order chi connectivity index (χ0) is 9.72. The van der Waals surface area contributed by atoms with Crippen LogP contribution in [-0.4, -0.2) is 22.4 Å². The molecule has 0 radical (unpaired) electrons. The standard InChI is InChI=1S/C10H22O2/c1-7(2)5-9(11)6-10(12)8(3)4/h7-12H,5-6H2,1-4H3/t9-,10-/m0/s1. The van der Waals surface area contributed by atoms with Gasteiger partial charge in [-0.15, -0.1) is 0 Å². The lowest BCUT2D eigenvalue weighted by atomic mass is 9.96. The fourth-order valence-electron chi connectivity index (χ4n) is 1.19. The molecule has 0 saturated carbocycles. The lowest BCUT2D eigenvalue weighted by molar-refractivity contribution is 0.0446. The highest BCUT2D eigenvalue weighted by molar-refractivity contribution is 4.67. The van der Waals surface area contributed by atoms with Crippen molar-refractivity contribution in [2.75, 3.05) is 0 Å². The van der Waals surface area contributed by atoms with Gasteiger partial charge < -0.3 is 10.2 Å². The molecule has 0 rings (SSSR count). The third-order valence-corrected chi connectivity index (χ3v) is 2.03. The number of rotatable bonds is 5. The lowest BCUT2D eigenvalue weighted by Gasteiger charge is -2.19. The van der Waals surface area contributed by atoms with Crippen molar-refractivity contribution in [3.8, 4) is 0 Å². The molecule has 2 atom stereocenters. The SMILES string of the molecule is CC(C)C[C@H](O)C[C@H](O)C(C)C. The largest absolute Gasteiger partial charge is 0.393 e. The monoisotopic (exact) mass is 174 g/mol.